The van der Waals surface area contributed by atoms with Crippen molar-refractivity contribution in [3.63, 3.8) is 0 Å². The molecule has 1 aliphatic rings. The van der Waals surface area contributed by atoms with E-state index < -0.39 is 0 Å². The largest absolute Gasteiger partial charge is 0.489 e. The van der Waals surface area contributed by atoms with Gasteiger partial charge in [0, 0.05) is 28.2 Å². The highest BCUT2D eigenvalue weighted by Gasteiger charge is 2.29. The summed E-state index contributed by atoms with van der Waals surface area (Å²) in [6.45, 7) is 0.557. The normalized spacial score (nSPS) is 14.9. The highest BCUT2D eigenvalue weighted by molar-refractivity contribution is 7.21. The number of para-hydroxylation sites is 1. The fourth-order valence-corrected chi connectivity index (χ4v) is 4.28. The summed E-state index contributed by atoms with van der Waals surface area (Å²) >= 11 is 1.28. The van der Waals surface area contributed by atoms with Crippen molar-refractivity contribution in [1.29, 1.82) is 0 Å². The lowest BCUT2D eigenvalue weighted by atomic mass is 10.1. The fraction of sp³-hybridized carbons (Fsp3) is 0.286. The number of hydrogen-bond acceptors (Lipinski definition) is 4. The summed E-state index contributed by atoms with van der Waals surface area (Å²) in [6.07, 6.45) is 2.25. The summed E-state index contributed by atoms with van der Waals surface area (Å²) in [5, 5.41) is 3.36. The Morgan fingerprint density at radius 1 is 1.22 bits per heavy atom. The van der Waals surface area contributed by atoms with Crippen molar-refractivity contribution in [2.24, 2.45) is 11.7 Å². The van der Waals surface area contributed by atoms with Crippen LogP contribution in [0.25, 0.3) is 10.1 Å². The number of carbonyl (C=O) groups excluding carboxylic acids is 1. The molecule has 1 aliphatic carbocycles. The Morgan fingerprint density at radius 2 is 2.00 bits per heavy atom. The predicted molar refractivity (Wildman–Crippen MR) is 106 cm³/mol. The molecule has 0 spiro atoms. The lowest BCUT2D eigenvalue weighted by Crippen LogP contribution is -2.38. The summed E-state index contributed by atoms with van der Waals surface area (Å²) in [4.78, 5) is 13.3. The molecule has 1 fully saturated rings. The average molecular weight is 384 g/mol. The number of nitrogens with one attached hydrogen (secondary N) is 1. The molecule has 0 radical (unpaired) electrons. The van der Waals surface area contributed by atoms with Crippen LogP contribution < -0.4 is 15.8 Å². The van der Waals surface area contributed by atoms with Crippen LogP contribution in [-0.4, -0.2) is 18.5 Å². The average Bonchev–Trinajstić information content (AvgIpc) is 3.46. The van der Waals surface area contributed by atoms with Crippen LogP contribution in [-0.2, 0) is 6.61 Å². The maximum atomic E-state index is 14.5. The van der Waals surface area contributed by atoms with Gasteiger partial charge in [0.1, 0.15) is 18.2 Å². The first kappa shape index (κ1) is 17.9. The maximum Gasteiger partial charge on any atom is 0.261 e. The Bertz CT molecular complexity index is 953. The monoisotopic (exact) mass is 384 g/mol. The van der Waals surface area contributed by atoms with Gasteiger partial charge in [-0.25, -0.2) is 4.39 Å². The molecule has 1 atom stereocenters. The van der Waals surface area contributed by atoms with Crippen molar-refractivity contribution in [3.05, 3.63) is 64.8 Å². The van der Waals surface area contributed by atoms with E-state index in [9.17, 15) is 9.18 Å². The number of benzene rings is 2. The van der Waals surface area contributed by atoms with Gasteiger partial charge in [0.05, 0.1) is 4.88 Å². The predicted octanol–water partition coefficient (Wildman–Crippen LogP) is 4.09. The van der Waals surface area contributed by atoms with Crippen LogP contribution in [0.4, 0.5) is 4.39 Å². The molecule has 1 unspecified atom stereocenters. The topological polar surface area (TPSA) is 64.3 Å². The second-order valence-electron chi connectivity index (χ2n) is 6.84. The smallest absolute Gasteiger partial charge is 0.261 e. The molecule has 140 valence electrons. The van der Waals surface area contributed by atoms with Crippen molar-refractivity contribution in [2.45, 2.75) is 25.5 Å². The maximum absolute atomic E-state index is 14.5. The molecule has 0 saturated heterocycles. The highest BCUT2D eigenvalue weighted by atomic mass is 32.1. The molecule has 0 aliphatic heterocycles. The molecule has 1 aromatic heterocycles. The molecule has 0 bridgehead atoms. The van der Waals surface area contributed by atoms with Crippen LogP contribution in [0, 0.1) is 11.7 Å². The minimum Gasteiger partial charge on any atom is -0.489 e. The second-order valence-corrected chi connectivity index (χ2v) is 7.89. The lowest BCUT2D eigenvalue weighted by Gasteiger charge is -2.12. The van der Waals surface area contributed by atoms with Crippen molar-refractivity contribution in [3.8, 4) is 5.75 Å². The molecule has 2 aromatic carbocycles. The Balaban J connectivity index is 1.60. The third kappa shape index (κ3) is 3.96. The third-order valence-electron chi connectivity index (χ3n) is 4.82. The van der Waals surface area contributed by atoms with Gasteiger partial charge in [-0.3, -0.25) is 4.79 Å². The van der Waals surface area contributed by atoms with Crippen LogP contribution in [0.3, 0.4) is 0 Å². The van der Waals surface area contributed by atoms with Gasteiger partial charge in [0.15, 0.2) is 0 Å². The Labute approximate surface area is 161 Å². The van der Waals surface area contributed by atoms with Crippen molar-refractivity contribution in [1.82, 2.24) is 5.32 Å². The van der Waals surface area contributed by atoms with Crippen LogP contribution in [0.1, 0.15) is 28.1 Å². The number of hydrogen-bond donors (Lipinski definition) is 2. The van der Waals surface area contributed by atoms with Crippen LogP contribution in [0.2, 0.25) is 0 Å². The summed E-state index contributed by atoms with van der Waals surface area (Å²) in [5.41, 5.74) is 6.66. The van der Waals surface area contributed by atoms with E-state index in [1.807, 2.05) is 36.4 Å². The van der Waals surface area contributed by atoms with Gasteiger partial charge >= 0.3 is 0 Å². The zero-order chi connectivity index (χ0) is 18.8. The first-order valence-electron chi connectivity index (χ1n) is 9.05. The Kier molecular flexibility index (Phi) is 5.09. The molecular formula is C21H21FN2O2S. The summed E-state index contributed by atoms with van der Waals surface area (Å²) in [5.74, 6) is 0.615. The number of amides is 1. The Hall–Kier alpha value is -2.44. The summed E-state index contributed by atoms with van der Waals surface area (Å²) < 4.78 is 21.0. The van der Waals surface area contributed by atoms with Gasteiger partial charge in [0.25, 0.3) is 5.91 Å². The molecule has 3 aromatic rings. The zero-order valence-corrected chi connectivity index (χ0v) is 15.6. The van der Waals surface area contributed by atoms with E-state index in [-0.39, 0.29) is 24.4 Å². The molecule has 1 amide bonds. The van der Waals surface area contributed by atoms with E-state index in [0.717, 1.165) is 17.5 Å². The molecule has 27 heavy (non-hydrogen) atoms. The molecule has 4 rings (SSSR count). The van der Waals surface area contributed by atoms with Gasteiger partial charge in [-0.15, -0.1) is 11.3 Å². The first-order valence-corrected chi connectivity index (χ1v) is 9.86. The van der Waals surface area contributed by atoms with Gasteiger partial charge in [0.2, 0.25) is 0 Å². The molecule has 1 heterocycles. The van der Waals surface area contributed by atoms with E-state index in [2.05, 4.69) is 5.32 Å². The number of fused-ring (bicyclic) bond motifs is 1. The number of carbonyl (C=O) groups is 1. The van der Waals surface area contributed by atoms with E-state index in [1.54, 1.807) is 6.07 Å². The lowest BCUT2D eigenvalue weighted by molar-refractivity contribution is 0.0952. The number of halogens is 1. The van der Waals surface area contributed by atoms with Gasteiger partial charge < -0.3 is 15.8 Å². The standard InChI is InChI=1S/C21H21FN2O2S/c22-16-7-4-8-18-19(16)15(12-26-14-5-2-1-3-6-14)20(27-18)21(25)24-11-17(23)13-9-10-13/h1-8,13,17H,9-12,23H2,(H,24,25). The SMILES string of the molecule is NC(CNC(=O)c1sc2cccc(F)c2c1COc1ccccc1)C1CC1. The quantitative estimate of drug-likeness (QED) is 0.645. The van der Waals surface area contributed by atoms with E-state index in [4.69, 9.17) is 10.5 Å². The molecular weight excluding hydrogens is 363 g/mol. The molecule has 1 saturated carbocycles. The fourth-order valence-electron chi connectivity index (χ4n) is 3.14. The van der Waals surface area contributed by atoms with Crippen molar-refractivity contribution >= 4 is 27.3 Å². The van der Waals surface area contributed by atoms with E-state index >= 15 is 0 Å². The van der Waals surface area contributed by atoms with E-state index in [1.165, 1.54) is 17.4 Å². The van der Waals surface area contributed by atoms with Crippen LogP contribution in [0.15, 0.2) is 48.5 Å². The minimum absolute atomic E-state index is 0.0240. The Morgan fingerprint density at radius 3 is 2.74 bits per heavy atom. The highest BCUT2D eigenvalue weighted by Crippen LogP contribution is 2.34. The number of rotatable bonds is 7. The molecule has 4 nitrogen and oxygen atoms in total. The van der Waals surface area contributed by atoms with E-state index in [0.29, 0.717) is 34.0 Å². The summed E-state index contributed by atoms with van der Waals surface area (Å²) in [6, 6.07) is 14.2. The number of nitrogens with two attached hydrogens (primary N) is 1. The molecule has 6 heteroatoms. The summed E-state index contributed by atoms with van der Waals surface area (Å²) in [7, 11) is 0. The third-order valence-corrected chi connectivity index (χ3v) is 6.02. The minimum atomic E-state index is -0.343. The van der Waals surface area contributed by atoms with Crippen molar-refractivity contribution in [2.75, 3.05) is 6.54 Å². The first-order chi connectivity index (χ1) is 13.1. The number of thiophene rings is 1. The van der Waals surface area contributed by atoms with Gasteiger partial charge in [-0.2, -0.15) is 0 Å². The van der Waals surface area contributed by atoms with Crippen LogP contribution in [0.5, 0.6) is 5.75 Å². The van der Waals surface area contributed by atoms with Gasteiger partial charge in [-0.1, -0.05) is 24.3 Å². The zero-order valence-electron chi connectivity index (χ0n) is 14.8. The molecule has 3 N–H and O–H groups in total. The van der Waals surface area contributed by atoms with Crippen LogP contribution >= 0.6 is 11.3 Å². The van der Waals surface area contributed by atoms with Gasteiger partial charge in [-0.05, 0) is 43.0 Å². The van der Waals surface area contributed by atoms with Crippen molar-refractivity contribution < 1.29 is 13.9 Å². The second kappa shape index (κ2) is 7.66. The number of ether oxygens (including phenoxy) is 1.